The number of likely N-dealkylation sites (N-methyl/N-ethyl adjacent to an activating group) is 1. The molecule has 2 rings (SSSR count). The van der Waals surface area contributed by atoms with Crippen LogP contribution >= 0.6 is 23.4 Å². The van der Waals surface area contributed by atoms with Crippen LogP contribution in [-0.2, 0) is 13.0 Å². The third-order valence-electron chi connectivity index (χ3n) is 3.23. The molecule has 1 heterocycles. The molecule has 21 heavy (non-hydrogen) atoms. The molecule has 0 saturated heterocycles. The van der Waals surface area contributed by atoms with Crippen molar-refractivity contribution < 1.29 is 0 Å². The first-order chi connectivity index (χ1) is 10.2. The summed E-state index contributed by atoms with van der Waals surface area (Å²) in [5, 5.41) is 8.69. The Labute approximate surface area is 136 Å². The predicted octanol–water partition coefficient (Wildman–Crippen LogP) is 3.87. The van der Waals surface area contributed by atoms with E-state index in [0.717, 1.165) is 30.3 Å². The highest BCUT2D eigenvalue weighted by Gasteiger charge is 2.10. The molecule has 0 fully saturated rings. The Bertz CT molecular complexity index is 556. The molecular formula is C16H22ClN3S. The van der Waals surface area contributed by atoms with Crippen LogP contribution in [0.2, 0.25) is 5.02 Å². The molecule has 0 radical (unpaired) electrons. The summed E-state index contributed by atoms with van der Waals surface area (Å²) in [4.78, 5) is 1.22. The third-order valence-corrected chi connectivity index (χ3v) is 4.62. The molecule has 1 atom stereocenters. The van der Waals surface area contributed by atoms with Gasteiger partial charge in [-0.25, -0.2) is 0 Å². The highest BCUT2D eigenvalue weighted by molar-refractivity contribution is 7.99. The molecule has 5 heteroatoms. The topological polar surface area (TPSA) is 29.9 Å². The van der Waals surface area contributed by atoms with Crippen molar-refractivity contribution in [1.82, 2.24) is 15.1 Å². The zero-order valence-electron chi connectivity index (χ0n) is 12.6. The van der Waals surface area contributed by atoms with Crippen LogP contribution in [0.3, 0.4) is 0 Å². The number of hydrogen-bond donors (Lipinski definition) is 1. The maximum Gasteiger partial charge on any atom is 0.0522 e. The molecule has 3 nitrogen and oxygen atoms in total. The number of halogens is 1. The lowest BCUT2D eigenvalue weighted by atomic mass is 10.1. The third kappa shape index (κ3) is 5.38. The van der Waals surface area contributed by atoms with Gasteiger partial charge in [-0.3, -0.25) is 4.68 Å². The summed E-state index contributed by atoms with van der Waals surface area (Å²) in [5.41, 5.74) is 1.29. The number of aromatic nitrogens is 2. The molecule has 0 saturated carbocycles. The van der Waals surface area contributed by atoms with Crippen LogP contribution in [0, 0.1) is 0 Å². The van der Waals surface area contributed by atoms with Crippen LogP contribution < -0.4 is 5.32 Å². The van der Waals surface area contributed by atoms with Crippen LogP contribution in [0.4, 0.5) is 0 Å². The summed E-state index contributed by atoms with van der Waals surface area (Å²) in [5.74, 6) is 1.02. The average molecular weight is 324 g/mol. The molecule has 0 aliphatic heterocycles. The van der Waals surface area contributed by atoms with Crippen molar-refractivity contribution in [3.8, 4) is 0 Å². The van der Waals surface area contributed by atoms with E-state index >= 15 is 0 Å². The van der Waals surface area contributed by atoms with E-state index in [0.29, 0.717) is 6.04 Å². The fourth-order valence-electron chi connectivity index (χ4n) is 2.20. The molecule has 0 spiro atoms. The lowest BCUT2D eigenvalue weighted by molar-refractivity contribution is 0.572. The van der Waals surface area contributed by atoms with Crippen LogP contribution in [-0.4, -0.2) is 28.1 Å². The van der Waals surface area contributed by atoms with Crippen molar-refractivity contribution >= 4 is 23.4 Å². The van der Waals surface area contributed by atoms with Crippen LogP contribution in [0.1, 0.15) is 19.4 Å². The van der Waals surface area contributed by atoms with Crippen molar-refractivity contribution in [3.05, 3.63) is 47.2 Å². The van der Waals surface area contributed by atoms with Crippen molar-refractivity contribution in [1.29, 1.82) is 0 Å². The summed E-state index contributed by atoms with van der Waals surface area (Å²) >= 11 is 7.87. The fourth-order valence-corrected chi connectivity index (χ4v) is 3.47. The van der Waals surface area contributed by atoms with Gasteiger partial charge in [0.2, 0.25) is 0 Å². The Morgan fingerprint density at radius 3 is 2.90 bits per heavy atom. The monoisotopic (exact) mass is 323 g/mol. The quantitative estimate of drug-likeness (QED) is 0.748. The summed E-state index contributed by atoms with van der Waals surface area (Å²) in [6, 6.07) is 8.47. The Morgan fingerprint density at radius 2 is 2.24 bits per heavy atom. The van der Waals surface area contributed by atoms with E-state index in [4.69, 9.17) is 11.6 Å². The normalized spacial score (nSPS) is 12.5. The molecule has 2 aromatic rings. The number of nitrogens with zero attached hydrogens (tertiary/aromatic N) is 2. The molecule has 0 aliphatic rings. The standard InChI is InChI=1S/C16H22ClN3S/c1-3-18-15(8-13-10-19-20(4-2)11-13)12-21-16-7-5-6-14(17)9-16/h5-7,9-11,15,18H,3-4,8,12H2,1-2H3. The first kappa shape index (κ1) is 16.4. The molecule has 1 N–H and O–H groups in total. The first-order valence-corrected chi connectivity index (χ1v) is 8.70. The maximum atomic E-state index is 6.03. The Balaban J connectivity index is 1.92. The van der Waals surface area contributed by atoms with E-state index in [1.165, 1.54) is 10.5 Å². The van der Waals surface area contributed by atoms with Crippen molar-refractivity contribution in [2.75, 3.05) is 12.3 Å². The highest BCUT2D eigenvalue weighted by Crippen LogP contribution is 2.23. The van der Waals surface area contributed by atoms with Gasteiger partial charge < -0.3 is 5.32 Å². The Morgan fingerprint density at radius 1 is 1.38 bits per heavy atom. The minimum Gasteiger partial charge on any atom is -0.313 e. The van der Waals surface area contributed by atoms with Gasteiger partial charge in [0.15, 0.2) is 0 Å². The molecular weight excluding hydrogens is 302 g/mol. The van der Waals surface area contributed by atoms with E-state index in [-0.39, 0.29) is 0 Å². The smallest absolute Gasteiger partial charge is 0.0522 e. The SMILES string of the molecule is CCNC(CSc1cccc(Cl)c1)Cc1cnn(CC)c1. The van der Waals surface area contributed by atoms with Gasteiger partial charge in [0.1, 0.15) is 0 Å². The maximum absolute atomic E-state index is 6.03. The van der Waals surface area contributed by atoms with Crippen LogP contribution in [0.5, 0.6) is 0 Å². The van der Waals surface area contributed by atoms with E-state index in [1.54, 1.807) is 0 Å². The van der Waals surface area contributed by atoms with Crippen molar-refractivity contribution in [2.24, 2.45) is 0 Å². The number of hydrogen-bond acceptors (Lipinski definition) is 3. The van der Waals surface area contributed by atoms with Crippen LogP contribution in [0.15, 0.2) is 41.6 Å². The Kier molecular flexibility index (Phi) is 6.61. The largest absolute Gasteiger partial charge is 0.313 e. The molecule has 1 aromatic heterocycles. The van der Waals surface area contributed by atoms with Crippen molar-refractivity contribution in [3.63, 3.8) is 0 Å². The zero-order valence-corrected chi connectivity index (χ0v) is 14.1. The lowest BCUT2D eigenvalue weighted by Crippen LogP contribution is -2.33. The zero-order chi connectivity index (χ0) is 15.1. The average Bonchev–Trinajstić information content (AvgIpc) is 2.93. The summed E-state index contributed by atoms with van der Waals surface area (Å²) in [6.45, 7) is 6.14. The lowest BCUT2D eigenvalue weighted by Gasteiger charge is -2.16. The minimum atomic E-state index is 0.438. The number of rotatable bonds is 8. The van der Waals surface area contributed by atoms with Gasteiger partial charge in [-0.15, -0.1) is 11.8 Å². The molecule has 114 valence electrons. The van der Waals surface area contributed by atoms with Gasteiger partial charge in [-0.1, -0.05) is 24.6 Å². The first-order valence-electron chi connectivity index (χ1n) is 7.34. The number of nitrogens with one attached hydrogen (secondary N) is 1. The van der Waals surface area contributed by atoms with Gasteiger partial charge in [-0.2, -0.15) is 5.10 Å². The van der Waals surface area contributed by atoms with Crippen LogP contribution in [0.25, 0.3) is 0 Å². The molecule has 0 bridgehead atoms. The number of thioether (sulfide) groups is 1. The van der Waals surface area contributed by atoms with Gasteiger partial charge in [-0.05, 0) is 43.7 Å². The summed E-state index contributed by atoms with van der Waals surface area (Å²) in [7, 11) is 0. The molecule has 0 amide bonds. The molecule has 1 unspecified atom stereocenters. The van der Waals surface area contributed by atoms with E-state index in [9.17, 15) is 0 Å². The van der Waals surface area contributed by atoms with E-state index in [1.807, 2.05) is 40.8 Å². The van der Waals surface area contributed by atoms with Gasteiger partial charge >= 0.3 is 0 Å². The highest BCUT2D eigenvalue weighted by atomic mass is 35.5. The second kappa shape index (κ2) is 8.47. The Hall–Kier alpha value is -0.970. The molecule has 0 aliphatic carbocycles. The minimum absolute atomic E-state index is 0.438. The summed E-state index contributed by atoms with van der Waals surface area (Å²) < 4.78 is 1.97. The molecule has 1 aromatic carbocycles. The second-order valence-corrected chi connectivity index (χ2v) is 6.46. The second-order valence-electron chi connectivity index (χ2n) is 4.93. The predicted molar refractivity (Wildman–Crippen MR) is 91.2 cm³/mol. The number of aryl methyl sites for hydroxylation is 1. The van der Waals surface area contributed by atoms with Gasteiger partial charge in [0.25, 0.3) is 0 Å². The van der Waals surface area contributed by atoms with E-state index < -0.39 is 0 Å². The number of benzene rings is 1. The summed E-state index contributed by atoms with van der Waals surface area (Å²) in [6.07, 6.45) is 5.10. The fraction of sp³-hybridized carbons (Fsp3) is 0.438. The van der Waals surface area contributed by atoms with Crippen molar-refractivity contribution in [2.45, 2.75) is 37.8 Å². The van der Waals surface area contributed by atoms with E-state index in [2.05, 4.69) is 36.5 Å². The van der Waals surface area contributed by atoms with Gasteiger partial charge in [0.05, 0.1) is 6.20 Å². The van der Waals surface area contributed by atoms with Gasteiger partial charge in [0, 0.05) is 34.5 Å².